The molecule has 1 saturated heterocycles. The van der Waals surface area contributed by atoms with Crippen LogP contribution in [0.1, 0.15) is 11.1 Å². The zero-order valence-corrected chi connectivity index (χ0v) is 29.3. The van der Waals surface area contributed by atoms with E-state index in [2.05, 4.69) is 22.0 Å². The Labute approximate surface area is 318 Å². The van der Waals surface area contributed by atoms with Crippen molar-refractivity contribution in [3.8, 4) is 23.0 Å². The highest BCUT2D eigenvalue weighted by molar-refractivity contribution is 6.30. The summed E-state index contributed by atoms with van der Waals surface area (Å²) in [4.78, 5) is 37.3. The molecule has 1 aromatic heterocycles. The quantitative estimate of drug-likeness (QED) is 0.0976. The summed E-state index contributed by atoms with van der Waals surface area (Å²) in [6.45, 7) is 0. The van der Waals surface area contributed by atoms with Gasteiger partial charge >= 0.3 is 0 Å². The van der Waals surface area contributed by atoms with Crippen LogP contribution in [0.25, 0.3) is 17.2 Å². The van der Waals surface area contributed by atoms with Crippen LogP contribution in [-0.2, 0) is 0 Å². The Bertz CT molecular complexity index is 2840. The molecule has 0 spiro atoms. The molecule has 0 aliphatic carbocycles. The van der Waals surface area contributed by atoms with E-state index < -0.39 is 9.85 Å². The molecule has 4 aromatic carbocycles. The molecule has 0 saturated carbocycles. The smallest absolute Gasteiger partial charge is 0.269 e. The zero-order valence-electron chi connectivity index (χ0n) is 29.3. The molecule has 5 aliphatic rings. The third kappa shape index (κ3) is 6.00. The number of ether oxygens (including phenoxy) is 2. The number of nitro groups is 2. The summed E-state index contributed by atoms with van der Waals surface area (Å²) in [6, 6.07) is 32.0. The Hall–Kier alpha value is -7.86. The number of aromatic nitrogens is 1. The number of benzene rings is 4. The number of H-pyrrole nitrogens is 1. The van der Waals surface area contributed by atoms with E-state index in [1.807, 2.05) is 91.0 Å². The maximum atomic E-state index is 11.0. The lowest BCUT2D eigenvalue weighted by molar-refractivity contribution is -0.385. The Kier molecular flexibility index (Phi) is 7.56. The third-order valence-electron chi connectivity index (χ3n) is 10.1. The van der Waals surface area contributed by atoms with Crippen LogP contribution in [0.3, 0.4) is 0 Å². The van der Waals surface area contributed by atoms with Gasteiger partial charge in [0, 0.05) is 51.8 Å². The molecule has 0 radical (unpaired) electrons. The normalized spacial score (nSPS) is 20.5. The first-order valence-corrected chi connectivity index (χ1v) is 17.8. The van der Waals surface area contributed by atoms with Crippen molar-refractivity contribution in [2.45, 2.75) is 12.1 Å². The fourth-order valence-corrected chi connectivity index (χ4v) is 7.30. The summed E-state index contributed by atoms with van der Waals surface area (Å²) in [5.41, 5.74) is 8.38. The van der Waals surface area contributed by atoms with Crippen molar-refractivity contribution < 1.29 is 19.3 Å². The highest BCUT2D eigenvalue weighted by Gasteiger charge is 2.54. The van der Waals surface area contributed by atoms with Crippen molar-refractivity contribution in [3.63, 3.8) is 0 Å². The number of non-ortho nitro benzene ring substituents is 2. The number of aliphatic imine (C=N–C) groups is 2. The second-order valence-corrected chi connectivity index (χ2v) is 13.6. The molecule has 12 heteroatoms. The molecule has 12 nitrogen and oxygen atoms in total. The first-order chi connectivity index (χ1) is 27.3. The van der Waals surface area contributed by atoms with Gasteiger partial charge in [0.2, 0.25) is 0 Å². The SMILES string of the molecule is O=[N+]([O-])c1ccc(Oc2ccc(C3=C4C=CC(=N4)C=c4cc/c([nH]4)=C(\c4ccc(Oc5ccc([N+](=O)[O-])cc5)cc4)C4=N/C(=C\C5C6C=C3N65)C=C4)cc2)cc1. The van der Waals surface area contributed by atoms with Crippen LogP contribution in [-0.4, -0.2) is 43.2 Å². The first kappa shape index (κ1) is 32.8. The molecule has 6 heterocycles. The van der Waals surface area contributed by atoms with E-state index in [1.54, 1.807) is 24.3 Å². The lowest BCUT2D eigenvalue weighted by atomic mass is 9.97. The number of nitro benzene ring substituents is 2. The first-order valence-electron chi connectivity index (χ1n) is 17.8. The van der Waals surface area contributed by atoms with Gasteiger partial charge in [-0.1, -0.05) is 24.3 Å². The maximum Gasteiger partial charge on any atom is 0.269 e. The second-order valence-electron chi connectivity index (χ2n) is 13.6. The molecule has 2 unspecified atom stereocenters. The molecule has 1 fully saturated rings. The molecular formula is C44H28N6O6. The van der Waals surface area contributed by atoms with Crippen LogP contribution in [0.5, 0.6) is 23.0 Å². The van der Waals surface area contributed by atoms with E-state index >= 15 is 0 Å². The summed E-state index contributed by atoms with van der Waals surface area (Å²) in [5, 5.41) is 23.9. The molecule has 2 atom stereocenters. The topological polar surface area (TPSA) is 148 Å². The van der Waals surface area contributed by atoms with E-state index in [0.29, 0.717) is 23.0 Å². The van der Waals surface area contributed by atoms with E-state index in [0.717, 1.165) is 61.5 Å². The van der Waals surface area contributed by atoms with Crippen LogP contribution in [0.2, 0.25) is 0 Å². The molecule has 56 heavy (non-hydrogen) atoms. The van der Waals surface area contributed by atoms with Crippen molar-refractivity contribution in [1.29, 1.82) is 0 Å². The predicted molar refractivity (Wildman–Crippen MR) is 212 cm³/mol. The number of nitrogens with one attached hydrogen (secondary N) is 1. The molecule has 5 aliphatic heterocycles. The summed E-state index contributed by atoms with van der Waals surface area (Å²) < 4.78 is 12.0. The number of hydrogen-bond donors (Lipinski definition) is 1. The zero-order chi connectivity index (χ0) is 37.9. The Morgan fingerprint density at radius 1 is 0.589 bits per heavy atom. The summed E-state index contributed by atoms with van der Waals surface area (Å²) in [7, 11) is 0. The lowest BCUT2D eigenvalue weighted by Crippen LogP contribution is -2.18. The van der Waals surface area contributed by atoms with Gasteiger partial charge in [0.25, 0.3) is 11.4 Å². The summed E-state index contributed by atoms with van der Waals surface area (Å²) in [6.07, 6.45) is 14.7. The van der Waals surface area contributed by atoms with Gasteiger partial charge in [-0.15, -0.1) is 0 Å². The highest BCUT2D eigenvalue weighted by Crippen LogP contribution is 2.51. The lowest BCUT2D eigenvalue weighted by Gasteiger charge is -2.22. The number of fused-ring (bicyclic) bond motifs is 5. The van der Waals surface area contributed by atoms with Crippen molar-refractivity contribution in [3.05, 3.63) is 205 Å². The van der Waals surface area contributed by atoms with E-state index in [-0.39, 0.29) is 23.5 Å². The largest absolute Gasteiger partial charge is 0.457 e. The Morgan fingerprint density at radius 3 is 1.73 bits per heavy atom. The number of rotatable bonds is 8. The van der Waals surface area contributed by atoms with Gasteiger partial charge in [-0.3, -0.25) is 20.2 Å². The van der Waals surface area contributed by atoms with Crippen molar-refractivity contribution in [2.24, 2.45) is 9.98 Å². The average Bonchev–Trinajstić information content (AvgIpc) is 3.75. The Balaban J connectivity index is 0.987. The van der Waals surface area contributed by atoms with E-state index in [9.17, 15) is 20.2 Å². The fourth-order valence-electron chi connectivity index (χ4n) is 7.30. The van der Waals surface area contributed by atoms with Crippen LogP contribution >= 0.6 is 0 Å². The standard InChI is InChI=1S/C44H28N6O6/c51-49(52)31-8-16-35(17-9-31)55-33-12-1-26(2-13-33)43-37-20-5-28(45-37)23-29-6-22-39(46-29)44(42-25-41-40(48(41)42)24-30-7-21-38(43)47-30)27-3-14-34(15-4-27)56-36-18-10-32(11-19-36)50(53)54/h1-25,40-41,45H/b28-23?,30-24-,43-37-,44-39?. The van der Waals surface area contributed by atoms with Gasteiger partial charge in [-0.25, -0.2) is 9.98 Å². The minimum atomic E-state index is -0.439. The molecular weight excluding hydrogens is 709 g/mol. The van der Waals surface area contributed by atoms with E-state index in [1.165, 1.54) is 24.3 Å². The monoisotopic (exact) mass is 736 g/mol. The van der Waals surface area contributed by atoms with Crippen molar-refractivity contribution in [1.82, 2.24) is 9.88 Å². The van der Waals surface area contributed by atoms with Crippen LogP contribution in [0, 0.1) is 20.2 Å². The highest BCUT2D eigenvalue weighted by atomic mass is 16.6. The molecule has 6 bridgehead atoms. The fraction of sp³-hybridized carbons (Fsp3) is 0.0455. The van der Waals surface area contributed by atoms with Gasteiger partial charge in [-0.05, 0) is 114 Å². The number of hydrogen-bond acceptors (Lipinski definition) is 9. The third-order valence-corrected chi connectivity index (χ3v) is 10.1. The molecule has 5 aromatic rings. The summed E-state index contributed by atoms with van der Waals surface area (Å²) >= 11 is 0. The van der Waals surface area contributed by atoms with E-state index in [4.69, 9.17) is 19.5 Å². The van der Waals surface area contributed by atoms with Crippen molar-refractivity contribution >= 4 is 40.0 Å². The molecule has 1 N–H and O–H groups in total. The van der Waals surface area contributed by atoms with Gasteiger partial charge in [0.15, 0.2) is 0 Å². The molecule has 10 rings (SSSR count). The maximum absolute atomic E-state index is 11.0. The molecule has 270 valence electrons. The predicted octanol–water partition coefficient (Wildman–Crippen LogP) is 7.68. The number of aromatic amines is 1. The van der Waals surface area contributed by atoms with Gasteiger partial charge in [-0.2, -0.15) is 0 Å². The second kappa shape index (κ2) is 12.9. The van der Waals surface area contributed by atoms with Gasteiger partial charge in [0.1, 0.15) is 23.0 Å². The van der Waals surface area contributed by atoms with Crippen molar-refractivity contribution in [2.75, 3.05) is 0 Å². The number of nitrogens with zero attached hydrogens (tertiary/aromatic N) is 5. The summed E-state index contributed by atoms with van der Waals surface area (Å²) in [5.74, 6) is 2.23. The van der Waals surface area contributed by atoms with Gasteiger partial charge < -0.3 is 19.4 Å². The number of allylic oxidation sites excluding steroid dienone is 5. The average molecular weight is 737 g/mol. The van der Waals surface area contributed by atoms with Crippen LogP contribution in [0.15, 0.2) is 173 Å². The Morgan fingerprint density at radius 2 is 1.14 bits per heavy atom. The van der Waals surface area contributed by atoms with Gasteiger partial charge in [0.05, 0.1) is 44.7 Å². The molecule has 0 amide bonds. The minimum absolute atomic E-state index is 0.00389. The minimum Gasteiger partial charge on any atom is -0.457 e. The van der Waals surface area contributed by atoms with Crippen LogP contribution < -0.4 is 20.2 Å². The van der Waals surface area contributed by atoms with Crippen LogP contribution in [0.4, 0.5) is 11.4 Å².